The van der Waals surface area contributed by atoms with Gasteiger partial charge in [0.15, 0.2) is 0 Å². The molecule has 1 aliphatic carbocycles. The number of nitriles is 1. The van der Waals surface area contributed by atoms with E-state index >= 15 is 0 Å². The monoisotopic (exact) mass is 375 g/mol. The van der Waals surface area contributed by atoms with E-state index in [9.17, 15) is 13.2 Å². The second-order valence-corrected chi connectivity index (χ2v) is 8.96. The SMILES string of the molecule is N#CCN(C(=O)CCc1ccc(S(=O)(=O)N2CCCCC2)cc1)C1CC1. The molecule has 1 saturated carbocycles. The van der Waals surface area contributed by atoms with E-state index in [0.29, 0.717) is 30.8 Å². The van der Waals surface area contributed by atoms with Crippen molar-refractivity contribution < 1.29 is 13.2 Å². The number of rotatable bonds is 7. The number of nitrogens with zero attached hydrogens (tertiary/aromatic N) is 3. The van der Waals surface area contributed by atoms with Crippen LogP contribution in [-0.4, -0.2) is 49.2 Å². The van der Waals surface area contributed by atoms with Crippen LogP contribution in [0.2, 0.25) is 0 Å². The molecule has 0 unspecified atom stereocenters. The Kier molecular flexibility index (Phi) is 5.94. The van der Waals surface area contributed by atoms with Gasteiger partial charge in [0.2, 0.25) is 15.9 Å². The average Bonchev–Trinajstić information content (AvgIpc) is 3.50. The van der Waals surface area contributed by atoms with Gasteiger partial charge in [-0.1, -0.05) is 18.6 Å². The highest BCUT2D eigenvalue weighted by atomic mass is 32.2. The Labute approximate surface area is 155 Å². The van der Waals surface area contributed by atoms with E-state index in [-0.39, 0.29) is 18.5 Å². The summed E-state index contributed by atoms with van der Waals surface area (Å²) >= 11 is 0. The lowest BCUT2D eigenvalue weighted by atomic mass is 10.1. The molecule has 140 valence electrons. The summed E-state index contributed by atoms with van der Waals surface area (Å²) in [5.74, 6) is -0.000866. The van der Waals surface area contributed by atoms with Crippen LogP contribution in [0.15, 0.2) is 29.2 Å². The van der Waals surface area contributed by atoms with Crippen molar-refractivity contribution in [2.75, 3.05) is 19.6 Å². The highest BCUT2D eigenvalue weighted by molar-refractivity contribution is 7.89. The zero-order valence-electron chi connectivity index (χ0n) is 14.9. The van der Waals surface area contributed by atoms with Gasteiger partial charge in [-0.25, -0.2) is 8.42 Å². The molecule has 0 bridgehead atoms. The van der Waals surface area contributed by atoms with Crippen molar-refractivity contribution in [1.82, 2.24) is 9.21 Å². The highest BCUT2D eigenvalue weighted by Gasteiger charge is 2.32. The molecule has 2 aliphatic rings. The summed E-state index contributed by atoms with van der Waals surface area (Å²) in [6.45, 7) is 1.33. The van der Waals surface area contributed by atoms with Gasteiger partial charge in [-0.3, -0.25) is 4.79 Å². The van der Waals surface area contributed by atoms with Gasteiger partial charge in [-0.15, -0.1) is 0 Å². The van der Waals surface area contributed by atoms with E-state index in [2.05, 4.69) is 6.07 Å². The van der Waals surface area contributed by atoms with Crippen LogP contribution in [0.25, 0.3) is 0 Å². The fourth-order valence-corrected chi connectivity index (χ4v) is 4.88. The van der Waals surface area contributed by atoms with Gasteiger partial charge in [0, 0.05) is 25.6 Å². The second kappa shape index (κ2) is 8.19. The van der Waals surface area contributed by atoms with E-state index in [0.717, 1.165) is 37.7 Å². The normalized spacial score (nSPS) is 18.3. The van der Waals surface area contributed by atoms with Gasteiger partial charge >= 0.3 is 0 Å². The summed E-state index contributed by atoms with van der Waals surface area (Å²) in [7, 11) is -3.41. The van der Waals surface area contributed by atoms with Crippen molar-refractivity contribution in [2.45, 2.75) is 55.9 Å². The van der Waals surface area contributed by atoms with Crippen LogP contribution >= 0.6 is 0 Å². The highest BCUT2D eigenvalue weighted by Crippen LogP contribution is 2.27. The number of carbonyl (C=O) groups is 1. The molecule has 6 nitrogen and oxygen atoms in total. The van der Waals surface area contributed by atoms with E-state index in [1.54, 1.807) is 33.5 Å². The molecular formula is C19H25N3O3S. The fraction of sp³-hybridized carbons (Fsp3) is 0.579. The van der Waals surface area contributed by atoms with Crippen LogP contribution in [0.4, 0.5) is 0 Å². The number of amides is 1. The number of hydrogen-bond donors (Lipinski definition) is 0. The van der Waals surface area contributed by atoms with Crippen LogP contribution in [0, 0.1) is 11.3 Å². The molecule has 2 fully saturated rings. The minimum Gasteiger partial charge on any atom is -0.326 e. The van der Waals surface area contributed by atoms with Crippen LogP contribution in [0.3, 0.4) is 0 Å². The van der Waals surface area contributed by atoms with Crippen LogP contribution < -0.4 is 0 Å². The maximum Gasteiger partial charge on any atom is 0.243 e. The van der Waals surface area contributed by atoms with E-state index in [1.165, 1.54) is 0 Å². The van der Waals surface area contributed by atoms with Crippen molar-refractivity contribution in [3.05, 3.63) is 29.8 Å². The Morgan fingerprint density at radius 1 is 1.15 bits per heavy atom. The molecule has 7 heteroatoms. The number of benzene rings is 1. The number of piperidine rings is 1. The summed E-state index contributed by atoms with van der Waals surface area (Å²) in [4.78, 5) is 14.3. The van der Waals surface area contributed by atoms with Gasteiger partial charge in [-0.2, -0.15) is 9.57 Å². The Morgan fingerprint density at radius 3 is 2.38 bits per heavy atom. The molecule has 0 atom stereocenters. The van der Waals surface area contributed by atoms with Gasteiger partial charge in [-0.05, 0) is 49.8 Å². The smallest absolute Gasteiger partial charge is 0.243 e. The predicted octanol–water partition coefficient (Wildman–Crippen LogP) is 2.31. The quantitative estimate of drug-likeness (QED) is 0.685. The minimum absolute atomic E-state index is 0.000866. The Hall–Kier alpha value is -1.91. The summed E-state index contributed by atoms with van der Waals surface area (Å²) in [6, 6.07) is 9.14. The molecule has 1 aliphatic heterocycles. The molecule has 1 saturated heterocycles. The van der Waals surface area contributed by atoms with Gasteiger partial charge in [0.05, 0.1) is 11.0 Å². The van der Waals surface area contributed by atoms with Gasteiger partial charge < -0.3 is 4.90 Å². The summed E-state index contributed by atoms with van der Waals surface area (Å²) in [5, 5.41) is 8.86. The zero-order valence-corrected chi connectivity index (χ0v) is 15.7. The van der Waals surface area contributed by atoms with Crippen molar-refractivity contribution in [3.63, 3.8) is 0 Å². The van der Waals surface area contributed by atoms with Crippen LogP contribution in [-0.2, 0) is 21.2 Å². The Bertz CT molecular complexity index is 773. The molecule has 1 amide bonds. The van der Waals surface area contributed by atoms with E-state index < -0.39 is 10.0 Å². The summed E-state index contributed by atoms with van der Waals surface area (Å²) < 4.78 is 26.8. The lowest BCUT2D eigenvalue weighted by Gasteiger charge is -2.25. The molecule has 0 N–H and O–H groups in total. The van der Waals surface area contributed by atoms with Crippen molar-refractivity contribution >= 4 is 15.9 Å². The first-order chi connectivity index (χ1) is 12.5. The van der Waals surface area contributed by atoms with Crippen LogP contribution in [0.1, 0.15) is 44.1 Å². The average molecular weight is 375 g/mol. The standard InChI is InChI=1S/C19H25N3O3S/c20-12-15-22(17-7-8-17)19(23)11-6-16-4-9-18(10-5-16)26(24,25)21-13-2-1-3-14-21/h4-5,9-10,17H,1-3,6-8,11,13-15H2. The van der Waals surface area contributed by atoms with Crippen molar-refractivity contribution in [1.29, 1.82) is 5.26 Å². The molecular weight excluding hydrogens is 350 g/mol. The maximum absolute atomic E-state index is 12.6. The Balaban J connectivity index is 1.59. The van der Waals surface area contributed by atoms with Crippen molar-refractivity contribution in [3.8, 4) is 6.07 Å². The van der Waals surface area contributed by atoms with Crippen LogP contribution in [0.5, 0.6) is 0 Å². The molecule has 3 rings (SSSR count). The molecule has 0 spiro atoms. The third kappa shape index (κ3) is 4.43. The first kappa shape index (κ1) is 18.9. The first-order valence-electron chi connectivity index (χ1n) is 9.28. The summed E-state index contributed by atoms with van der Waals surface area (Å²) in [6.07, 6.45) is 5.78. The lowest BCUT2D eigenvalue weighted by Crippen LogP contribution is -2.35. The zero-order chi connectivity index (χ0) is 18.6. The van der Waals surface area contributed by atoms with Gasteiger partial charge in [0.25, 0.3) is 0 Å². The first-order valence-corrected chi connectivity index (χ1v) is 10.7. The molecule has 0 aromatic heterocycles. The number of aryl methyl sites for hydroxylation is 1. The molecule has 0 radical (unpaired) electrons. The lowest BCUT2D eigenvalue weighted by molar-refractivity contribution is -0.131. The fourth-order valence-electron chi connectivity index (χ4n) is 3.36. The topological polar surface area (TPSA) is 81.5 Å². The Morgan fingerprint density at radius 2 is 1.81 bits per heavy atom. The molecule has 26 heavy (non-hydrogen) atoms. The minimum atomic E-state index is -3.41. The third-order valence-electron chi connectivity index (χ3n) is 5.05. The summed E-state index contributed by atoms with van der Waals surface area (Å²) in [5.41, 5.74) is 0.934. The number of sulfonamides is 1. The number of hydrogen-bond acceptors (Lipinski definition) is 4. The maximum atomic E-state index is 12.6. The van der Waals surface area contributed by atoms with E-state index in [4.69, 9.17) is 5.26 Å². The molecule has 1 aromatic carbocycles. The predicted molar refractivity (Wildman–Crippen MR) is 97.7 cm³/mol. The molecule has 1 aromatic rings. The molecule has 1 heterocycles. The second-order valence-electron chi connectivity index (χ2n) is 7.02. The third-order valence-corrected chi connectivity index (χ3v) is 6.97. The van der Waals surface area contributed by atoms with E-state index in [1.807, 2.05) is 0 Å². The number of carbonyl (C=O) groups excluding carboxylic acids is 1. The van der Waals surface area contributed by atoms with Gasteiger partial charge in [0.1, 0.15) is 6.54 Å². The van der Waals surface area contributed by atoms with Crippen molar-refractivity contribution in [2.24, 2.45) is 0 Å². The largest absolute Gasteiger partial charge is 0.326 e.